The maximum Gasteiger partial charge on any atom is 1.00 e. The molecule has 0 spiro atoms. The van der Waals surface area contributed by atoms with Crippen molar-refractivity contribution in [1.82, 2.24) is 5.32 Å². The Hall–Kier alpha value is 2.09. The number of aliphatic hydroxyl groups excluding tert-OH is 3. The fourth-order valence-corrected chi connectivity index (χ4v) is 3.92. The molecule has 10 unspecified atom stereocenters. The number of carbonyl (C=O) groups excluding carboxylic acids is 2. The zero-order valence-corrected chi connectivity index (χ0v) is 26.6. The fourth-order valence-electron chi connectivity index (χ4n) is 3.92. The molecule has 0 aromatic heterocycles. The van der Waals surface area contributed by atoms with Gasteiger partial charge < -0.3 is 49.5 Å². The van der Waals surface area contributed by atoms with Gasteiger partial charge in [-0.3, -0.25) is 4.79 Å². The van der Waals surface area contributed by atoms with Crippen LogP contribution in [0.2, 0.25) is 0 Å². The second-order valence-corrected chi connectivity index (χ2v) is 8.53. The van der Waals surface area contributed by atoms with Gasteiger partial charge in [0, 0.05) is 6.92 Å². The smallest absolute Gasteiger partial charge is 0.846 e. The molecule has 180 valence electrons. The molecule has 13 heteroatoms. The maximum atomic E-state index is 12.8. The zero-order valence-electron chi connectivity index (χ0n) is 20.3. The number of nitrogens with one attached hydrogen (secondary N) is 1. The van der Waals surface area contributed by atoms with E-state index in [0.717, 1.165) is 0 Å². The molecule has 0 radical (unpaired) electrons. The quantitative estimate of drug-likeness (QED) is 0.176. The van der Waals surface area contributed by atoms with Gasteiger partial charge in [0.1, 0.15) is 24.6 Å². The van der Waals surface area contributed by atoms with Gasteiger partial charge in [-0.25, -0.2) is 6.29 Å². The summed E-state index contributed by atoms with van der Waals surface area (Å²) in [5.74, 6) is -0.569. The van der Waals surface area contributed by atoms with Gasteiger partial charge in [0.25, 0.3) is 0 Å². The third-order valence-electron chi connectivity index (χ3n) is 5.32. The minimum atomic E-state index is -1.87. The van der Waals surface area contributed by atoms with Crippen LogP contribution in [-0.2, 0) is 28.5 Å². The summed E-state index contributed by atoms with van der Waals surface area (Å²) in [5, 5.41) is 46.2. The van der Waals surface area contributed by atoms with E-state index in [4.69, 9.17) is 18.9 Å². The van der Waals surface area contributed by atoms with Crippen LogP contribution < -0.4 is 113 Å². The van der Waals surface area contributed by atoms with Gasteiger partial charge in [-0.1, -0.05) is 13.8 Å². The van der Waals surface area contributed by atoms with E-state index in [1.54, 1.807) is 20.1 Å². The van der Waals surface area contributed by atoms with Crippen molar-refractivity contribution in [3.8, 4) is 0 Å². The van der Waals surface area contributed by atoms with Crippen molar-refractivity contribution in [2.24, 2.45) is 5.92 Å². The zero-order chi connectivity index (χ0) is 23.5. The predicted octanol–water partition coefficient (Wildman–Crippen LogP) is -8.62. The van der Waals surface area contributed by atoms with Crippen LogP contribution >= 0.6 is 0 Å². The van der Waals surface area contributed by atoms with Crippen LogP contribution in [-0.4, -0.2) is 101 Å². The SMILES string of the molecule is CC(=O)NC1C(C(C)C)OC(CO)C(O)C1OC1OC([C-]=O)C(OC(C)C)C(O)C1[O-].[K+].[K+]. The minimum Gasteiger partial charge on any atom is -0.846 e. The van der Waals surface area contributed by atoms with Crippen LogP contribution in [0.25, 0.3) is 0 Å². The number of amides is 1. The number of rotatable bonds is 8. The molecular weight excluding hydrogens is 492 g/mol. The number of ether oxygens (including phenoxy) is 4. The van der Waals surface area contributed by atoms with E-state index in [1.165, 1.54) is 6.92 Å². The first-order valence-corrected chi connectivity index (χ1v) is 10.4. The van der Waals surface area contributed by atoms with Crippen LogP contribution in [0.5, 0.6) is 0 Å². The van der Waals surface area contributed by atoms with Crippen LogP contribution in [0.1, 0.15) is 34.6 Å². The molecule has 11 nitrogen and oxygen atoms in total. The topological polar surface area (TPSA) is 167 Å². The molecule has 33 heavy (non-hydrogen) atoms. The Morgan fingerprint density at radius 2 is 1.73 bits per heavy atom. The molecule has 2 rings (SSSR count). The van der Waals surface area contributed by atoms with Gasteiger partial charge >= 0.3 is 103 Å². The summed E-state index contributed by atoms with van der Waals surface area (Å²) in [6.45, 7) is 7.75. The predicted molar refractivity (Wildman–Crippen MR) is 103 cm³/mol. The molecule has 4 N–H and O–H groups in total. The summed E-state index contributed by atoms with van der Waals surface area (Å²) in [6.07, 6.45) is -10.9. The summed E-state index contributed by atoms with van der Waals surface area (Å²) in [5.41, 5.74) is 0. The number of hydrogen-bond acceptors (Lipinski definition) is 10. The maximum absolute atomic E-state index is 12.8. The van der Waals surface area contributed by atoms with Crippen molar-refractivity contribution in [3.05, 3.63) is 0 Å². The molecule has 2 saturated heterocycles. The Balaban J connectivity index is 0.00000512. The first kappa shape index (κ1) is 35.1. The van der Waals surface area contributed by atoms with Crippen molar-refractivity contribution >= 4 is 12.2 Å². The third kappa shape index (κ3) is 9.11. The van der Waals surface area contributed by atoms with Crippen molar-refractivity contribution in [1.29, 1.82) is 0 Å². The van der Waals surface area contributed by atoms with Crippen molar-refractivity contribution < 1.29 is 152 Å². The van der Waals surface area contributed by atoms with Crippen LogP contribution in [0.15, 0.2) is 0 Å². The Morgan fingerprint density at radius 1 is 1.12 bits per heavy atom. The average Bonchev–Trinajstić information content (AvgIpc) is 2.69. The first-order chi connectivity index (χ1) is 14.5. The van der Waals surface area contributed by atoms with E-state index in [-0.39, 0.29) is 115 Å². The van der Waals surface area contributed by atoms with Gasteiger partial charge in [-0.2, -0.15) is 0 Å². The molecule has 2 heterocycles. The van der Waals surface area contributed by atoms with E-state index in [1.807, 2.05) is 13.8 Å². The van der Waals surface area contributed by atoms with Gasteiger partial charge in [0.05, 0.1) is 37.1 Å². The molecule has 10 atom stereocenters. The molecule has 2 aliphatic heterocycles. The van der Waals surface area contributed by atoms with Crippen LogP contribution in [0, 0.1) is 5.92 Å². The summed E-state index contributed by atoms with van der Waals surface area (Å²) in [7, 11) is 0. The molecule has 0 aromatic carbocycles. The Labute approximate surface area is 279 Å². The second kappa shape index (κ2) is 16.1. The largest absolute Gasteiger partial charge is 1.00 e. The Bertz CT molecular complexity index is 613. The standard InChI is InChI=1S/C20H33NO10.2K/c1-8(2)17-13(21-10(5)24)19(14(25)11(6-22)29-17)31-20-16(27)15(26)18(28-9(3)4)12(7-23)30-20;;/h8-9,11-20,22,25-26H,6H2,1-5H3,(H,21,24);;/q-2;2*+1. The monoisotopic (exact) mass is 525 g/mol. The van der Waals surface area contributed by atoms with Gasteiger partial charge in [-0.15, -0.1) is 0 Å². The van der Waals surface area contributed by atoms with E-state index in [0.29, 0.717) is 0 Å². The van der Waals surface area contributed by atoms with E-state index >= 15 is 0 Å². The number of carbonyl (C=O) groups is 1. The first-order valence-electron chi connectivity index (χ1n) is 10.4. The van der Waals surface area contributed by atoms with Gasteiger partial charge in [-0.05, 0) is 32.0 Å². The minimum absolute atomic E-state index is 0. The second-order valence-electron chi connectivity index (χ2n) is 8.53. The van der Waals surface area contributed by atoms with Gasteiger partial charge in [0.15, 0.2) is 0 Å². The fraction of sp³-hybridized carbons (Fsp3) is 0.900. The third-order valence-corrected chi connectivity index (χ3v) is 5.32. The normalized spacial score (nSPS) is 38.9. The molecule has 1 amide bonds. The molecule has 0 bridgehead atoms. The number of hydrogen-bond donors (Lipinski definition) is 4. The molecule has 2 aliphatic rings. The van der Waals surface area contributed by atoms with Gasteiger partial charge in [0.2, 0.25) is 5.91 Å². The van der Waals surface area contributed by atoms with Crippen LogP contribution in [0.4, 0.5) is 0 Å². The summed E-state index contributed by atoms with van der Waals surface area (Å²) < 4.78 is 22.4. The summed E-state index contributed by atoms with van der Waals surface area (Å²) in [6, 6.07) is -0.883. The summed E-state index contributed by atoms with van der Waals surface area (Å²) in [4.78, 5) is 23.2. The van der Waals surface area contributed by atoms with E-state index < -0.39 is 73.7 Å². The average molecular weight is 526 g/mol. The van der Waals surface area contributed by atoms with Crippen molar-refractivity contribution in [3.63, 3.8) is 0 Å². The number of aliphatic hydroxyl groups is 3. The molecule has 0 saturated carbocycles. The van der Waals surface area contributed by atoms with E-state index in [9.17, 15) is 30.0 Å². The van der Waals surface area contributed by atoms with E-state index in [2.05, 4.69) is 5.32 Å². The molecule has 0 aliphatic carbocycles. The van der Waals surface area contributed by atoms with Crippen LogP contribution in [0.3, 0.4) is 0 Å². The van der Waals surface area contributed by atoms with Crippen molar-refractivity contribution in [2.75, 3.05) is 6.61 Å². The van der Waals surface area contributed by atoms with Crippen molar-refractivity contribution in [2.45, 2.75) is 102 Å². The molecule has 0 aromatic rings. The molecule has 2 fully saturated rings. The Morgan fingerprint density at radius 3 is 2.18 bits per heavy atom. The summed E-state index contributed by atoms with van der Waals surface area (Å²) >= 11 is 0. The Kier molecular flexibility index (Phi) is 17.2. The molecular formula is C20H33K2NO10.